The summed E-state index contributed by atoms with van der Waals surface area (Å²) in [5.74, 6) is -0.262. The number of halogens is 2. The van der Waals surface area contributed by atoms with Crippen LogP contribution >= 0.6 is 23.2 Å². The molecule has 6 heteroatoms. The Labute approximate surface area is 149 Å². The lowest BCUT2D eigenvalue weighted by Crippen LogP contribution is -2.30. The van der Waals surface area contributed by atoms with Crippen LogP contribution in [-0.2, 0) is 4.79 Å². The first-order valence-corrected chi connectivity index (χ1v) is 8.36. The monoisotopic (exact) mass is 360 g/mol. The molecule has 0 bridgehead atoms. The van der Waals surface area contributed by atoms with Crippen molar-refractivity contribution in [2.24, 2.45) is 0 Å². The van der Waals surface area contributed by atoms with Crippen LogP contribution in [0, 0.1) is 0 Å². The van der Waals surface area contributed by atoms with Gasteiger partial charge in [-0.15, -0.1) is 0 Å². The summed E-state index contributed by atoms with van der Waals surface area (Å²) in [7, 11) is 0. The van der Waals surface area contributed by atoms with Gasteiger partial charge in [0.2, 0.25) is 0 Å². The van der Waals surface area contributed by atoms with Crippen LogP contribution in [0.3, 0.4) is 0 Å². The Morgan fingerprint density at radius 2 is 1.92 bits per heavy atom. The zero-order valence-electron chi connectivity index (χ0n) is 12.6. The van der Waals surface area contributed by atoms with Gasteiger partial charge in [-0.2, -0.15) is 0 Å². The third kappa shape index (κ3) is 2.38. The van der Waals surface area contributed by atoms with Crippen LogP contribution in [0.2, 0.25) is 10.0 Å². The normalized spacial score (nSPS) is 19.7. The Bertz CT molecular complexity index is 879. The molecular formula is C18H14Cl2N2O2. The molecule has 0 fully saturated rings. The van der Waals surface area contributed by atoms with Gasteiger partial charge in [0.1, 0.15) is 6.23 Å². The van der Waals surface area contributed by atoms with Crippen LogP contribution in [0.5, 0.6) is 0 Å². The number of nitrogens with zero attached hydrogens (tertiary/aromatic N) is 1. The molecule has 0 saturated heterocycles. The number of nitrogens with one attached hydrogen (secondary N) is 1. The second kappa shape index (κ2) is 5.81. The highest BCUT2D eigenvalue weighted by molar-refractivity contribution is 6.34. The average Bonchev–Trinajstić information content (AvgIpc) is 2.74. The lowest BCUT2D eigenvalue weighted by Gasteiger charge is -2.27. The zero-order valence-corrected chi connectivity index (χ0v) is 14.1. The Hall–Kier alpha value is -2.01. The third-order valence-electron chi connectivity index (χ3n) is 4.41. The minimum Gasteiger partial charge on any atom is -0.370 e. The van der Waals surface area contributed by atoms with Crippen LogP contribution in [0.4, 0.5) is 11.4 Å². The maximum absolute atomic E-state index is 12.3. The summed E-state index contributed by atoms with van der Waals surface area (Å²) >= 11 is 12.6. The predicted octanol–water partition coefficient (Wildman–Crippen LogP) is 3.74. The molecule has 24 heavy (non-hydrogen) atoms. The predicted molar refractivity (Wildman–Crippen MR) is 95.6 cm³/mol. The lowest BCUT2D eigenvalue weighted by molar-refractivity contribution is -0.116. The Morgan fingerprint density at radius 3 is 2.71 bits per heavy atom. The fraction of sp³-hybridized carbons (Fsp3) is 0.167. The summed E-state index contributed by atoms with van der Waals surface area (Å²) in [6.07, 6.45) is -0.394. The van der Waals surface area contributed by atoms with Crippen LogP contribution < -0.4 is 10.2 Å². The highest BCUT2D eigenvalue weighted by Crippen LogP contribution is 2.43. The number of anilines is 2. The standard InChI is InChI=1S/C18H14Cl2N2O2/c19-10-5-6-11-15(9-10)22(14-4-2-1-3-13(14)20)8-7-12-16(11)18(24)21-17(12)23/h1-6,9,17,23H,7-8H2,(H,21,24). The minimum atomic E-state index is -0.942. The third-order valence-corrected chi connectivity index (χ3v) is 4.97. The van der Waals surface area contributed by atoms with Crippen LogP contribution in [-0.4, -0.2) is 23.8 Å². The molecular weight excluding hydrogens is 347 g/mol. The molecule has 2 heterocycles. The van der Waals surface area contributed by atoms with E-state index >= 15 is 0 Å². The van der Waals surface area contributed by atoms with E-state index in [-0.39, 0.29) is 5.91 Å². The summed E-state index contributed by atoms with van der Waals surface area (Å²) in [4.78, 5) is 14.4. The molecule has 2 aromatic rings. The topological polar surface area (TPSA) is 52.6 Å². The maximum Gasteiger partial charge on any atom is 0.254 e. The largest absolute Gasteiger partial charge is 0.370 e. The van der Waals surface area contributed by atoms with Gasteiger partial charge in [0.15, 0.2) is 0 Å². The number of benzene rings is 2. The van der Waals surface area contributed by atoms with Gasteiger partial charge in [-0.3, -0.25) is 4.79 Å². The number of aliphatic hydroxyl groups is 1. The Balaban J connectivity index is 1.94. The average molecular weight is 361 g/mol. The molecule has 0 spiro atoms. The maximum atomic E-state index is 12.3. The van der Waals surface area contributed by atoms with E-state index in [9.17, 15) is 9.90 Å². The number of aliphatic hydroxyl groups excluding tert-OH is 1. The number of para-hydroxylation sites is 1. The summed E-state index contributed by atoms with van der Waals surface area (Å²) in [6, 6.07) is 12.9. The number of carbonyl (C=O) groups excluding carboxylic acids is 1. The second-order valence-electron chi connectivity index (χ2n) is 5.79. The van der Waals surface area contributed by atoms with Crippen molar-refractivity contribution >= 4 is 46.1 Å². The van der Waals surface area contributed by atoms with Crippen molar-refractivity contribution in [3.63, 3.8) is 0 Å². The fourth-order valence-electron chi connectivity index (χ4n) is 3.34. The fourth-order valence-corrected chi connectivity index (χ4v) is 3.74. The number of rotatable bonds is 1. The molecule has 0 saturated carbocycles. The van der Waals surface area contributed by atoms with Crippen molar-refractivity contribution in [3.05, 3.63) is 63.6 Å². The van der Waals surface area contributed by atoms with E-state index in [0.29, 0.717) is 34.2 Å². The van der Waals surface area contributed by atoms with Gasteiger partial charge in [0.25, 0.3) is 5.91 Å². The van der Waals surface area contributed by atoms with Gasteiger partial charge >= 0.3 is 0 Å². The lowest BCUT2D eigenvalue weighted by atomic mass is 9.99. The summed E-state index contributed by atoms with van der Waals surface area (Å²) in [6.45, 7) is 0.585. The molecule has 1 amide bonds. The van der Waals surface area contributed by atoms with Crippen molar-refractivity contribution in [1.29, 1.82) is 0 Å². The second-order valence-corrected chi connectivity index (χ2v) is 6.63. The van der Waals surface area contributed by atoms with Crippen molar-refractivity contribution in [2.45, 2.75) is 12.6 Å². The molecule has 122 valence electrons. The van der Waals surface area contributed by atoms with Gasteiger partial charge in [0.05, 0.1) is 22.0 Å². The molecule has 4 rings (SSSR count). The zero-order chi connectivity index (χ0) is 16.8. The van der Waals surface area contributed by atoms with E-state index in [2.05, 4.69) is 5.32 Å². The SMILES string of the molecule is O=C1NC(O)C2=C1c1ccc(Cl)cc1N(c1ccccc1Cl)CC2. The molecule has 2 aliphatic heterocycles. The minimum absolute atomic E-state index is 0.262. The quantitative estimate of drug-likeness (QED) is 0.814. The van der Waals surface area contributed by atoms with Gasteiger partial charge < -0.3 is 15.3 Å². The summed E-state index contributed by atoms with van der Waals surface area (Å²) < 4.78 is 0. The van der Waals surface area contributed by atoms with E-state index < -0.39 is 6.23 Å². The first-order chi connectivity index (χ1) is 11.6. The first-order valence-electron chi connectivity index (χ1n) is 7.60. The Kier molecular flexibility index (Phi) is 3.76. The highest BCUT2D eigenvalue weighted by Gasteiger charge is 2.35. The van der Waals surface area contributed by atoms with Crippen LogP contribution in [0.25, 0.3) is 5.57 Å². The first kappa shape index (κ1) is 15.5. The highest BCUT2D eigenvalue weighted by atomic mass is 35.5. The van der Waals surface area contributed by atoms with Crippen molar-refractivity contribution in [2.75, 3.05) is 11.4 Å². The molecule has 1 atom stereocenters. The van der Waals surface area contributed by atoms with Gasteiger partial charge in [-0.05, 0) is 36.3 Å². The molecule has 2 aromatic carbocycles. The van der Waals surface area contributed by atoms with Gasteiger partial charge in [-0.1, -0.05) is 41.4 Å². The van der Waals surface area contributed by atoms with E-state index in [1.165, 1.54) is 0 Å². The Morgan fingerprint density at radius 1 is 1.12 bits per heavy atom. The van der Waals surface area contributed by atoms with E-state index in [4.69, 9.17) is 23.2 Å². The number of fused-ring (bicyclic) bond motifs is 2. The molecule has 0 aliphatic carbocycles. The summed E-state index contributed by atoms with van der Waals surface area (Å²) in [5, 5.41) is 13.9. The number of hydrogen-bond donors (Lipinski definition) is 2. The van der Waals surface area contributed by atoms with Gasteiger partial charge in [0, 0.05) is 17.1 Å². The van der Waals surface area contributed by atoms with Gasteiger partial charge in [-0.25, -0.2) is 0 Å². The molecule has 4 nitrogen and oxygen atoms in total. The van der Waals surface area contributed by atoms with Crippen molar-refractivity contribution < 1.29 is 9.90 Å². The number of carbonyl (C=O) groups is 1. The summed E-state index contributed by atoms with van der Waals surface area (Å²) in [5.41, 5.74) is 3.64. The molecule has 1 unspecified atom stereocenters. The smallest absolute Gasteiger partial charge is 0.254 e. The van der Waals surface area contributed by atoms with Crippen LogP contribution in [0.1, 0.15) is 12.0 Å². The number of hydrogen-bond acceptors (Lipinski definition) is 3. The molecule has 0 radical (unpaired) electrons. The van der Waals surface area contributed by atoms with E-state index in [0.717, 1.165) is 16.9 Å². The van der Waals surface area contributed by atoms with Crippen molar-refractivity contribution in [1.82, 2.24) is 5.32 Å². The van der Waals surface area contributed by atoms with Crippen LogP contribution in [0.15, 0.2) is 48.0 Å². The molecule has 2 aliphatic rings. The van der Waals surface area contributed by atoms with E-state index in [1.807, 2.05) is 41.3 Å². The number of amides is 1. The van der Waals surface area contributed by atoms with Crippen molar-refractivity contribution in [3.8, 4) is 0 Å². The molecule has 2 N–H and O–H groups in total. The van der Waals surface area contributed by atoms with E-state index in [1.54, 1.807) is 6.07 Å². The molecule has 0 aromatic heterocycles.